The maximum absolute atomic E-state index is 11.2. The zero-order valence-corrected chi connectivity index (χ0v) is 13.8. The van der Waals surface area contributed by atoms with E-state index in [-0.39, 0.29) is 5.69 Å². The fraction of sp³-hybridized carbons (Fsp3) is 0.105. The van der Waals surface area contributed by atoms with Gasteiger partial charge in [-0.3, -0.25) is 10.1 Å². The van der Waals surface area contributed by atoms with Crippen molar-refractivity contribution in [2.75, 3.05) is 14.2 Å². The average Bonchev–Trinajstić information content (AvgIpc) is 2.65. The van der Waals surface area contributed by atoms with E-state index in [1.54, 1.807) is 32.4 Å². The molecule has 3 aromatic rings. The van der Waals surface area contributed by atoms with Crippen molar-refractivity contribution in [3.63, 3.8) is 0 Å². The molecule has 0 atom stereocenters. The van der Waals surface area contributed by atoms with Crippen molar-refractivity contribution in [1.82, 2.24) is 4.98 Å². The first-order valence-corrected chi connectivity index (χ1v) is 7.56. The molecule has 6 nitrogen and oxygen atoms in total. The van der Waals surface area contributed by atoms with Crippen LogP contribution in [0.3, 0.4) is 0 Å². The highest BCUT2D eigenvalue weighted by Crippen LogP contribution is 2.28. The summed E-state index contributed by atoms with van der Waals surface area (Å²) in [4.78, 5) is 15.1. The molecule has 0 saturated carbocycles. The van der Waals surface area contributed by atoms with Crippen LogP contribution in [0.25, 0.3) is 23.1 Å². The third kappa shape index (κ3) is 3.42. The zero-order chi connectivity index (χ0) is 17.8. The number of nitrogens with zero attached hydrogens (tertiary/aromatic N) is 2. The van der Waals surface area contributed by atoms with E-state index in [4.69, 9.17) is 9.47 Å². The molecule has 0 unspecified atom stereocenters. The lowest BCUT2D eigenvalue weighted by atomic mass is 10.1. The monoisotopic (exact) mass is 336 g/mol. The maximum Gasteiger partial charge on any atom is 0.295 e. The summed E-state index contributed by atoms with van der Waals surface area (Å²) in [7, 11) is 3.16. The number of benzene rings is 2. The number of hydrogen-bond acceptors (Lipinski definition) is 5. The van der Waals surface area contributed by atoms with E-state index >= 15 is 0 Å². The van der Waals surface area contributed by atoms with Crippen molar-refractivity contribution in [2.24, 2.45) is 0 Å². The Balaban J connectivity index is 1.96. The number of aromatic nitrogens is 1. The molecule has 0 bridgehead atoms. The second-order valence-corrected chi connectivity index (χ2v) is 5.29. The average molecular weight is 336 g/mol. The lowest BCUT2D eigenvalue weighted by Gasteiger charge is -2.07. The number of hydrogen-bond donors (Lipinski definition) is 0. The molecule has 0 spiro atoms. The normalized spacial score (nSPS) is 11.0. The topological polar surface area (TPSA) is 74.5 Å². The first-order valence-electron chi connectivity index (χ1n) is 7.56. The number of nitro benzene ring substituents is 1. The summed E-state index contributed by atoms with van der Waals surface area (Å²) in [6.07, 6.45) is 3.67. The lowest BCUT2D eigenvalue weighted by molar-refractivity contribution is -0.383. The summed E-state index contributed by atoms with van der Waals surface area (Å²) in [5.41, 5.74) is 1.92. The number of rotatable bonds is 5. The number of nitro groups is 1. The molecule has 0 aliphatic rings. The molecule has 3 rings (SSSR count). The molecular weight excluding hydrogens is 320 g/mol. The Kier molecular flexibility index (Phi) is 4.61. The van der Waals surface area contributed by atoms with E-state index < -0.39 is 4.92 Å². The van der Waals surface area contributed by atoms with Crippen molar-refractivity contribution in [1.29, 1.82) is 0 Å². The molecule has 0 saturated heterocycles. The van der Waals surface area contributed by atoms with E-state index in [2.05, 4.69) is 4.98 Å². The maximum atomic E-state index is 11.2. The predicted molar refractivity (Wildman–Crippen MR) is 96.9 cm³/mol. The summed E-state index contributed by atoms with van der Waals surface area (Å²) in [6, 6.07) is 14.1. The third-order valence-corrected chi connectivity index (χ3v) is 3.77. The molecule has 0 aliphatic heterocycles. The van der Waals surface area contributed by atoms with Crippen LogP contribution in [-0.4, -0.2) is 24.1 Å². The van der Waals surface area contributed by atoms with Gasteiger partial charge >= 0.3 is 0 Å². The van der Waals surface area contributed by atoms with Gasteiger partial charge in [0, 0.05) is 11.5 Å². The molecule has 0 fully saturated rings. The Hall–Kier alpha value is -3.41. The molecule has 126 valence electrons. The lowest BCUT2D eigenvalue weighted by Crippen LogP contribution is -1.92. The number of ether oxygens (including phenoxy) is 2. The fourth-order valence-electron chi connectivity index (χ4n) is 2.52. The molecule has 0 N–H and O–H groups in total. The molecule has 1 heterocycles. The minimum absolute atomic E-state index is 0.00105. The smallest absolute Gasteiger partial charge is 0.295 e. The van der Waals surface area contributed by atoms with Crippen LogP contribution in [0.15, 0.2) is 48.5 Å². The molecule has 6 heteroatoms. The van der Waals surface area contributed by atoms with Crippen LogP contribution in [0.4, 0.5) is 5.69 Å². The van der Waals surface area contributed by atoms with Gasteiger partial charge < -0.3 is 9.47 Å². The van der Waals surface area contributed by atoms with E-state index in [1.807, 2.05) is 36.4 Å². The second-order valence-electron chi connectivity index (χ2n) is 5.29. The van der Waals surface area contributed by atoms with Gasteiger partial charge in [0.1, 0.15) is 5.52 Å². The van der Waals surface area contributed by atoms with E-state index in [0.717, 1.165) is 10.9 Å². The minimum atomic E-state index is -0.419. The number of methoxy groups -OCH3 is 2. The molecule has 1 aromatic heterocycles. The van der Waals surface area contributed by atoms with Gasteiger partial charge in [-0.15, -0.1) is 0 Å². The van der Waals surface area contributed by atoms with Crippen LogP contribution in [0.2, 0.25) is 0 Å². The van der Waals surface area contributed by atoms with Crippen LogP contribution in [0, 0.1) is 10.1 Å². The third-order valence-electron chi connectivity index (χ3n) is 3.77. The first kappa shape index (κ1) is 16.4. The standard InChI is InChI=1S/C19H16N2O4/c1-24-17-11-7-13(12-18(17)25-2)6-9-15-10-8-14-4-3-5-16(21(22)23)19(14)20-15/h3-12H,1-2H3/b9-6+. The van der Waals surface area contributed by atoms with Gasteiger partial charge in [0.15, 0.2) is 11.5 Å². The molecule has 0 amide bonds. The molecule has 0 aliphatic carbocycles. The largest absolute Gasteiger partial charge is 0.493 e. The number of para-hydroxylation sites is 1. The van der Waals surface area contributed by atoms with Gasteiger partial charge in [-0.1, -0.05) is 30.3 Å². The van der Waals surface area contributed by atoms with Crippen molar-refractivity contribution >= 4 is 28.7 Å². The number of pyridine rings is 1. The fourth-order valence-corrected chi connectivity index (χ4v) is 2.52. The van der Waals surface area contributed by atoms with E-state index in [0.29, 0.717) is 22.7 Å². The highest BCUT2D eigenvalue weighted by molar-refractivity contribution is 5.88. The summed E-state index contributed by atoms with van der Waals surface area (Å²) in [5, 5.41) is 11.9. The van der Waals surface area contributed by atoms with Gasteiger partial charge in [-0.05, 0) is 29.8 Å². The summed E-state index contributed by atoms with van der Waals surface area (Å²) < 4.78 is 10.5. The van der Waals surface area contributed by atoms with Gasteiger partial charge in [0.05, 0.1) is 24.8 Å². The van der Waals surface area contributed by atoms with Crippen molar-refractivity contribution in [3.05, 3.63) is 69.9 Å². The summed E-state index contributed by atoms with van der Waals surface area (Å²) in [5.74, 6) is 1.28. The molecular formula is C19H16N2O4. The first-order chi connectivity index (χ1) is 12.1. The van der Waals surface area contributed by atoms with Crippen LogP contribution in [0.1, 0.15) is 11.3 Å². The van der Waals surface area contributed by atoms with Crippen molar-refractivity contribution in [2.45, 2.75) is 0 Å². The van der Waals surface area contributed by atoms with Gasteiger partial charge in [-0.2, -0.15) is 0 Å². The summed E-state index contributed by atoms with van der Waals surface area (Å²) >= 11 is 0. The Labute approximate surface area is 144 Å². The predicted octanol–water partition coefficient (Wildman–Crippen LogP) is 4.33. The number of fused-ring (bicyclic) bond motifs is 1. The van der Waals surface area contributed by atoms with E-state index in [1.165, 1.54) is 6.07 Å². The van der Waals surface area contributed by atoms with Crippen molar-refractivity contribution in [3.8, 4) is 11.5 Å². The van der Waals surface area contributed by atoms with Crippen LogP contribution in [0.5, 0.6) is 11.5 Å². The van der Waals surface area contributed by atoms with Gasteiger partial charge in [-0.25, -0.2) is 4.98 Å². The van der Waals surface area contributed by atoms with Gasteiger partial charge in [0.25, 0.3) is 5.69 Å². The highest BCUT2D eigenvalue weighted by atomic mass is 16.6. The molecule has 2 aromatic carbocycles. The highest BCUT2D eigenvalue weighted by Gasteiger charge is 2.12. The van der Waals surface area contributed by atoms with Gasteiger partial charge in [0.2, 0.25) is 0 Å². The minimum Gasteiger partial charge on any atom is -0.493 e. The van der Waals surface area contributed by atoms with E-state index in [9.17, 15) is 10.1 Å². The quantitative estimate of drug-likeness (QED) is 0.512. The summed E-state index contributed by atoms with van der Waals surface area (Å²) in [6.45, 7) is 0. The zero-order valence-electron chi connectivity index (χ0n) is 13.8. The Morgan fingerprint density at radius 3 is 2.52 bits per heavy atom. The van der Waals surface area contributed by atoms with Crippen LogP contribution >= 0.6 is 0 Å². The SMILES string of the molecule is COc1ccc(/C=C/c2ccc3cccc([N+](=O)[O-])c3n2)cc1OC. The molecule has 0 radical (unpaired) electrons. The van der Waals surface area contributed by atoms with Crippen LogP contribution in [-0.2, 0) is 0 Å². The molecule has 25 heavy (non-hydrogen) atoms. The Morgan fingerprint density at radius 1 is 1.00 bits per heavy atom. The van der Waals surface area contributed by atoms with Crippen LogP contribution < -0.4 is 9.47 Å². The number of non-ortho nitro benzene ring substituents is 1. The Bertz CT molecular complexity index is 967. The Morgan fingerprint density at radius 2 is 1.80 bits per heavy atom. The second kappa shape index (κ2) is 7.00. The van der Waals surface area contributed by atoms with Crippen molar-refractivity contribution < 1.29 is 14.4 Å².